The quantitative estimate of drug-likeness (QED) is 0.496. The molecule has 0 saturated heterocycles. The van der Waals surface area contributed by atoms with E-state index in [2.05, 4.69) is 26.9 Å². The maximum Gasteiger partial charge on any atom is 0.325 e. The van der Waals surface area contributed by atoms with Gasteiger partial charge in [-0.3, -0.25) is 4.98 Å². The van der Waals surface area contributed by atoms with Gasteiger partial charge in [-0.25, -0.2) is 14.8 Å². The highest BCUT2D eigenvalue weighted by molar-refractivity contribution is 7.99. The minimum absolute atomic E-state index is 0.235. The second-order valence-corrected chi connectivity index (χ2v) is 5.46. The fourth-order valence-corrected chi connectivity index (χ4v) is 2.66. The Balaban J connectivity index is 2.58. The van der Waals surface area contributed by atoms with E-state index in [0.29, 0.717) is 16.3 Å². The van der Waals surface area contributed by atoms with E-state index in [4.69, 9.17) is 0 Å². The Labute approximate surface area is 101 Å². The van der Waals surface area contributed by atoms with Crippen molar-refractivity contribution >= 4 is 34.7 Å². The van der Waals surface area contributed by atoms with Crippen molar-refractivity contribution in [3.63, 3.8) is 0 Å². The lowest BCUT2D eigenvalue weighted by Gasteiger charge is -2.02. The molecule has 0 spiro atoms. The summed E-state index contributed by atoms with van der Waals surface area (Å²) in [5.41, 5.74) is 1.06. The average molecular weight is 256 g/mol. The van der Waals surface area contributed by atoms with E-state index in [1.54, 1.807) is 23.5 Å². The second-order valence-electron chi connectivity index (χ2n) is 2.98. The smallest absolute Gasteiger partial charge is 0.302 e. The number of aromatic amines is 2. The van der Waals surface area contributed by atoms with Gasteiger partial charge < -0.3 is 4.98 Å². The number of hydrogen-bond donors (Lipinski definition) is 2. The summed E-state index contributed by atoms with van der Waals surface area (Å²) >= 11 is 3.17. The van der Waals surface area contributed by atoms with E-state index in [9.17, 15) is 4.79 Å². The molecule has 2 heterocycles. The average Bonchev–Trinajstić information content (AvgIpc) is 2.60. The molecule has 0 aliphatic carbocycles. The molecule has 0 atom stereocenters. The Hall–Kier alpha value is -0.950. The first kappa shape index (κ1) is 11.5. The lowest BCUT2D eigenvalue weighted by molar-refractivity contribution is 0.923. The van der Waals surface area contributed by atoms with Gasteiger partial charge >= 0.3 is 5.69 Å². The van der Waals surface area contributed by atoms with E-state index in [1.165, 1.54) is 0 Å². The van der Waals surface area contributed by atoms with E-state index >= 15 is 0 Å². The molecule has 7 heteroatoms. The van der Waals surface area contributed by atoms with Crippen LogP contribution in [0.1, 0.15) is 13.8 Å². The largest absolute Gasteiger partial charge is 0.325 e. The second kappa shape index (κ2) is 4.92. The molecule has 0 aliphatic rings. The van der Waals surface area contributed by atoms with Gasteiger partial charge in [-0.05, 0) is 11.5 Å². The van der Waals surface area contributed by atoms with E-state index in [1.807, 2.05) is 6.92 Å². The van der Waals surface area contributed by atoms with Crippen LogP contribution >= 0.6 is 23.5 Å². The molecule has 0 unspecified atom stereocenters. The number of aromatic nitrogens is 4. The summed E-state index contributed by atoms with van der Waals surface area (Å²) in [6, 6.07) is 0. The monoisotopic (exact) mass is 256 g/mol. The Kier molecular flexibility index (Phi) is 3.55. The number of imidazole rings is 1. The zero-order valence-corrected chi connectivity index (χ0v) is 10.7. The summed E-state index contributed by atoms with van der Waals surface area (Å²) in [6.07, 6.45) is 0. The van der Waals surface area contributed by atoms with Crippen molar-refractivity contribution < 1.29 is 0 Å². The Morgan fingerprint density at radius 2 is 1.88 bits per heavy atom. The van der Waals surface area contributed by atoms with Crippen LogP contribution in [-0.2, 0) is 0 Å². The predicted octanol–water partition coefficient (Wildman–Crippen LogP) is 1.87. The van der Waals surface area contributed by atoms with E-state index < -0.39 is 0 Å². The predicted molar refractivity (Wildman–Crippen MR) is 67.3 cm³/mol. The van der Waals surface area contributed by atoms with Crippen molar-refractivity contribution in [1.82, 2.24) is 19.9 Å². The molecular weight excluding hydrogens is 244 g/mol. The molecule has 2 aromatic heterocycles. The van der Waals surface area contributed by atoms with Gasteiger partial charge in [-0.2, -0.15) is 0 Å². The third kappa shape index (κ3) is 2.25. The molecule has 16 heavy (non-hydrogen) atoms. The SMILES string of the molecule is CCSc1nc(SCC)c2[nH]c(=O)[nH]c2n1. The Morgan fingerprint density at radius 3 is 2.56 bits per heavy atom. The van der Waals surface area contributed by atoms with E-state index in [-0.39, 0.29) is 5.69 Å². The van der Waals surface area contributed by atoms with Crippen LogP contribution in [0.2, 0.25) is 0 Å². The van der Waals surface area contributed by atoms with Gasteiger partial charge in [-0.1, -0.05) is 25.6 Å². The minimum Gasteiger partial charge on any atom is -0.302 e. The molecule has 2 N–H and O–H groups in total. The van der Waals surface area contributed by atoms with Crippen molar-refractivity contribution in [2.24, 2.45) is 0 Å². The summed E-state index contributed by atoms with van der Waals surface area (Å²) in [5, 5.41) is 1.54. The van der Waals surface area contributed by atoms with Gasteiger partial charge in [0.1, 0.15) is 10.5 Å². The first-order valence-corrected chi connectivity index (χ1v) is 6.97. The van der Waals surface area contributed by atoms with Crippen LogP contribution in [0.5, 0.6) is 0 Å². The summed E-state index contributed by atoms with van der Waals surface area (Å²) in [4.78, 5) is 25.3. The molecule has 0 radical (unpaired) electrons. The van der Waals surface area contributed by atoms with Gasteiger partial charge in [0.2, 0.25) is 0 Å². The molecular formula is C9H12N4OS2. The van der Waals surface area contributed by atoms with Crippen LogP contribution in [-0.4, -0.2) is 31.4 Å². The molecule has 0 bridgehead atoms. The van der Waals surface area contributed by atoms with Crippen LogP contribution in [0, 0.1) is 0 Å². The fraction of sp³-hybridized carbons (Fsp3) is 0.444. The normalized spacial score (nSPS) is 11.1. The van der Waals surface area contributed by atoms with Crippen molar-refractivity contribution in [2.45, 2.75) is 24.0 Å². The van der Waals surface area contributed by atoms with Crippen molar-refractivity contribution in [3.8, 4) is 0 Å². The topological polar surface area (TPSA) is 74.4 Å². The number of H-pyrrole nitrogens is 2. The van der Waals surface area contributed by atoms with Gasteiger partial charge in [0, 0.05) is 0 Å². The first-order chi connectivity index (χ1) is 7.74. The summed E-state index contributed by atoms with van der Waals surface area (Å²) in [6.45, 7) is 4.10. The van der Waals surface area contributed by atoms with Crippen molar-refractivity contribution in [2.75, 3.05) is 11.5 Å². The molecule has 0 aromatic carbocycles. The third-order valence-corrected chi connectivity index (χ3v) is 3.47. The zero-order chi connectivity index (χ0) is 11.5. The van der Waals surface area contributed by atoms with Gasteiger partial charge in [0.25, 0.3) is 0 Å². The minimum atomic E-state index is -0.235. The molecule has 0 aliphatic heterocycles. The number of nitrogens with zero attached hydrogens (tertiary/aromatic N) is 2. The molecule has 5 nitrogen and oxygen atoms in total. The van der Waals surface area contributed by atoms with Crippen molar-refractivity contribution in [1.29, 1.82) is 0 Å². The third-order valence-electron chi connectivity index (χ3n) is 1.88. The van der Waals surface area contributed by atoms with Gasteiger partial charge in [-0.15, -0.1) is 11.8 Å². The highest BCUT2D eigenvalue weighted by Gasteiger charge is 2.10. The van der Waals surface area contributed by atoms with Crippen LogP contribution in [0.25, 0.3) is 11.2 Å². The molecule has 2 rings (SSSR count). The van der Waals surface area contributed by atoms with Crippen LogP contribution in [0.4, 0.5) is 0 Å². The lowest BCUT2D eigenvalue weighted by Crippen LogP contribution is -1.99. The number of thioether (sulfide) groups is 2. The van der Waals surface area contributed by atoms with Gasteiger partial charge in [0.15, 0.2) is 10.8 Å². The number of rotatable bonds is 4. The zero-order valence-electron chi connectivity index (χ0n) is 9.03. The van der Waals surface area contributed by atoms with Gasteiger partial charge in [0.05, 0.1) is 0 Å². The summed E-state index contributed by atoms with van der Waals surface area (Å²) in [5.74, 6) is 1.83. The van der Waals surface area contributed by atoms with Crippen LogP contribution in [0.15, 0.2) is 15.0 Å². The highest BCUT2D eigenvalue weighted by Crippen LogP contribution is 2.24. The molecule has 86 valence electrons. The number of fused-ring (bicyclic) bond motifs is 1. The first-order valence-electron chi connectivity index (χ1n) is 5.00. The Morgan fingerprint density at radius 1 is 1.12 bits per heavy atom. The summed E-state index contributed by atoms with van der Waals surface area (Å²) in [7, 11) is 0. The van der Waals surface area contributed by atoms with Crippen LogP contribution in [0.3, 0.4) is 0 Å². The highest BCUT2D eigenvalue weighted by atomic mass is 32.2. The Bertz CT molecular complexity index is 548. The molecule has 0 saturated carbocycles. The molecule has 0 amide bonds. The lowest BCUT2D eigenvalue weighted by atomic mass is 10.6. The van der Waals surface area contributed by atoms with Crippen molar-refractivity contribution in [3.05, 3.63) is 10.5 Å². The number of hydrogen-bond acceptors (Lipinski definition) is 5. The maximum atomic E-state index is 11.2. The summed E-state index contributed by atoms with van der Waals surface area (Å²) < 4.78 is 0. The number of nitrogens with one attached hydrogen (secondary N) is 2. The maximum absolute atomic E-state index is 11.2. The fourth-order valence-electron chi connectivity index (χ4n) is 1.31. The molecule has 0 fully saturated rings. The standard InChI is InChI=1S/C9H12N4OS2/c1-3-15-7-5-6(11-8(14)10-5)12-9(13-7)16-4-2/h3-4H2,1-2H3,(H2,10,11,12,13,14). The molecule has 2 aromatic rings. The van der Waals surface area contributed by atoms with E-state index in [0.717, 1.165) is 16.5 Å². The van der Waals surface area contributed by atoms with Crippen LogP contribution < -0.4 is 5.69 Å².